The minimum absolute atomic E-state index is 0.00119. The van der Waals surface area contributed by atoms with Crippen molar-refractivity contribution in [2.24, 2.45) is 0 Å². The number of methoxy groups -OCH3 is 1. The maximum atomic E-state index is 13.9. The highest BCUT2D eigenvalue weighted by Crippen LogP contribution is 2.23. The van der Waals surface area contributed by atoms with E-state index >= 15 is 0 Å². The average Bonchev–Trinajstić information content (AvgIpc) is 2.58. The molecule has 0 aliphatic heterocycles. The van der Waals surface area contributed by atoms with Crippen molar-refractivity contribution in [1.82, 2.24) is 9.97 Å². The van der Waals surface area contributed by atoms with Crippen LogP contribution in [0.2, 0.25) is 0 Å². The summed E-state index contributed by atoms with van der Waals surface area (Å²) in [5, 5.41) is 0. The molecular weight excluding hydrogens is 341 g/mol. The van der Waals surface area contributed by atoms with E-state index in [4.69, 9.17) is 9.47 Å². The van der Waals surface area contributed by atoms with Crippen molar-refractivity contribution in [3.63, 3.8) is 0 Å². The van der Waals surface area contributed by atoms with E-state index in [0.29, 0.717) is 17.7 Å². The second kappa shape index (κ2) is 7.90. The average molecular weight is 361 g/mol. The van der Waals surface area contributed by atoms with Crippen molar-refractivity contribution in [2.75, 3.05) is 12.0 Å². The molecule has 7 nitrogen and oxygen atoms in total. The van der Waals surface area contributed by atoms with Crippen molar-refractivity contribution in [1.29, 1.82) is 0 Å². The zero-order valence-corrected chi connectivity index (χ0v) is 15.0. The maximum absolute atomic E-state index is 13.9. The predicted molar refractivity (Wildman–Crippen MR) is 92.8 cm³/mol. The first-order valence-corrected chi connectivity index (χ1v) is 7.85. The lowest BCUT2D eigenvalue weighted by Crippen LogP contribution is -2.37. The topological polar surface area (TPSA) is 81.6 Å². The van der Waals surface area contributed by atoms with E-state index in [1.807, 2.05) is 0 Å². The highest BCUT2D eigenvalue weighted by Gasteiger charge is 2.26. The zero-order chi connectivity index (χ0) is 19.3. The molecule has 8 heteroatoms. The molecule has 2 heterocycles. The number of carbonyl (C=O) groups is 2. The molecule has 0 saturated carbocycles. The fourth-order valence-corrected chi connectivity index (χ4v) is 2.13. The Hall–Kier alpha value is -3.03. The number of amides is 1. The molecule has 0 N–H and O–H groups in total. The monoisotopic (exact) mass is 361 g/mol. The number of ether oxygens (including phenoxy) is 2. The van der Waals surface area contributed by atoms with Gasteiger partial charge in [-0.1, -0.05) is 6.07 Å². The Morgan fingerprint density at radius 1 is 1.31 bits per heavy atom. The molecule has 138 valence electrons. The third kappa shape index (κ3) is 4.75. The van der Waals surface area contributed by atoms with Crippen LogP contribution in [0.25, 0.3) is 0 Å². The van der Waals surface area contributed by atoms with Crippen LogP contribution in [-0.2, 0) is 11.3 Å². The Morgan fingerprint density at radius 3 is 2.62 bits per heavy atom. The van der Waals surface area contributed by atoms with Crippen LogP contribution >= 0.6 is 0 Å². The van der Waals surface area contributed by atoms with Crippen LogP contribution in [0.15, 0.2) is 30.5 Å². The SMILES string of the molecule is COc1ncccc1CN(C(=O)OC(C)(C)C)c1ccc(C=O)c(F)n1. The molecule has 26 heavy (non-hydrogen) atoms. The van der Waals surface area contributed by atoms with Gasteiger partial charge >= 0.3 is 6.09 Å². The van der Waals surface area contributed by atoms with Gasteiger partial charge in [0.1, 0.15) is 11.4 Å². The predicted octanol–water partition coefficient (Wildman–Crippen LogP) is 3.38. The van der Waals surface area contributed by atoms with Crippen LogP contribution in [0.4, 0.5) is 15.0 Å². The maximum Gasteiger partial charge on any atom is 0.416 e. The van der Waals surface area contributed by atoms with Gasteiger partial charge in [-0.05, 0) is 39.0 Å². The smallest absolute Gasteiger partial charge is 0.416 e. The van der Waals surface area contributed by atoms with Gasteiger partial charge in [0, 0.05) is 11.8 Å². The Bertz CT molecular complexity index is 805. The molecule has 0 bridgehead atoms. The summed E-state index contributed by atoms with van der Waals surface area (Å²) in [5.41, 5.74) is -0.366. The van der Waals surface area contributed by atoms with Gasteiger partial charge in [-0.15, -0.1) is 0 Å². The molecular formula is C18H20FN3O4. The number of halogens is 1. The summed E-state index contributed by atoms with van der Waals surface area (Å²) in [6.07, 6.45) is 1.19. The number of carbonyl (C=O) groups excluding carboxylic acids is 2. The molecule has 0 spiro atoms. The van der Waals surface area contributed by atoms with Crippen molar-refractivity contribution < 1.29 is 23.5 Å². The van der Waals surface area contributed by atoms with Crippen LogP contribution in [0.1, 0.15) is 36.7 Å². The summed E-state index contributed by atoms with van der Waals surface area (Å²) in [5.74, 6) is -0.636. The normalized spacial score (nSPS) is 11.0. The third-order valence-electron chi connectivity index (χ3n) is 3.25. The lowest BCUT2D eigenvalue weighted by molar-refractivity contribution is 0.0576. The van der Waals surface area contributed by atoms with Gasteiger partial charge in [0.15, 0.2) is 6.29 Å². The molecule has 0 saturated heterocycles. The number of aromatic nitrogens is 2. The molecule has 1 amide bonds. The van der Waals surface area contributed by atoms with E-state index < -0.39 is 17.6 Å². The van der Waals surface area contributed by atoms with Crippen LogP contribution in [0.5, 0.6) is 5.88 Å². The summed E-state index contributed by atoms with van der Waals surface area (Å²) in [6.45, 7) is 5.16. The molecule has 0 unspecified atom stereocenters. The molecule has 0 fully saturated rings. The first kappa shape index (κ1) is 19.3. The van der Waals surface area contributed by atoms with Gasteiger partial charge in [-0.3, -0.25) is 9.69 Å². The molecule has 0 aromatic carbocycles. The Kier molecular flexibility index (Phi) is 5.86. The van der Waals surface area contributed by atoms with Crippen LogP contribution < -0.4 is 9.64 Å². The Balaban J connectivity index is 2.43. The summed E-state index contributed by atoms with van der Waals surface area (Å²) < 4.78 is 24.5. The summed E-state index contributed by atoms with van der Waals surface area (Å²) in [6, 6.07) is 6.04. The van der Waals surface area contributed by atoms with Gasteiger partial charge in [0.25, 0.3) is 0 Å². The second-order valence-electron chi connectivity index (χ2n) is 6.41. The number of anilines is 1. The van der Waals surface area contributed by atoms with Crippen molar-refractivity contribution in [3.05, 3.63) is 47.5 Å². The minimum atomic E-state index is -0.968. The van der Waals surface area contributed by atoms with Gasteiger partial charge in [-0.2, -0.15) is 4.39 Å². The number of aldehydes is 1. The number of hydrogen-bond donors (Lipinski definition) is 0. The molecule has 2 rings (SSSR count). The number of nitrogens with zero attached hydrogens (tertiary/aromatic N) is 3. The first-order valence-electron chi connectivity index (χ1n) is 7.85. The van der Waals surface area contributed by atoms with E-state index in [1.165, 1.54) is 19.2 Å². The number of rotatable bonds is 5. The van der Waals surface area contributed by atoms with E-state index in [9.17, 15) is 14.0 Å². The van der Waals surface area contributed by atoms with Crippen LogP contribution in [-0.4, -0.2) is 35.1 Å². The van der Waals surface area contributed by atoms with E-state index in [2.05, 4.69) is 9.97 Å². The highest BCUT2D eigenvalue weighted by atomic mass is 19.1. The molecule has 0 aliphatic rings. The molecule has 0 atom stereocenters. The van der Waals surface area contributed by atoms with Gasteiger partial charge in [0.2, 0.25) is 11.8 Å². The second-order valence-corrected chi connectivity index (χ2v) is 6.41. The van der Waals surface area contributed by atoms with E-state index in [0.717, 1.165) is 4.90 Å². The third-order valence-corrected chi connectivity index (χ3v) is 3.25. The minimum Gasteiger partial charge on any atom is -0.481 e. The Labute approximate surface area is 150 Å². The lowest BCUT2D eigenvalue weighted by Gasteiger charge is -2.27. The zero-order valence-electron chi connectivity index (χ0n) is 15.0. The Morgan fingerprint density at radius 2 is 2.04 bits per heavy atom. The molecule has 2 aromatic rings. The summed E-state index contributed by atoms with van der Waals surface area (Å²) >= 11 is 0. The molecule has 0 radical (unpaired) electrons. The van der Waals surface area contributed by atoms with Gasteiger partial charge in [0.05, 0.1) is 19.2 Å². The summed E-state index contributed by atoms with van der Waals surface area (Å²) in [4.78, 5) is 32.4. The van der Waals surface area contributed by atoms with Crippen molar-refractivity contribution in [3.8, 4) is 5.88 Å². The van der Waals surface area contributed by atoms with Crippen LogP contribution in [0, 0.1) is 5.95 Å². The molecule has 0 aliphatic carbocycles. The van der Waals surface area contributed by atoms with Crippen molar-refractivity contribution in [2.45, 2.75) is 32.9 Å². The first-order chi connectivity index (χ1) is 12.2. The molecule has 2 aromatic heterocycles. The van der Waals surface area contributed by atoms with Gasteiger partial charge in [-0.25, -0.2) is 14.8 Å². The van der Waals surface area contributed by atoms with E-state index in [1.54, 1.807) is 39.1 Å². The highest BCUT2D eigenvalue weighted by molar-refractivity contribution is 5.87. The van der Waals surface area contributed by atoms with Crippen LogP contribution in [0.3, 0.4) is 0 Å². The van der Waals surface area contributed by atoms with E-state index in [-0.39, 0.29) is 17.9 Å². The number of hydrogen-bond acceptors (Lipinski definition) is 6. The fraction of sp³-hybridized carbons (Fsp3) is 0.333. The fourth-order valence-electron chi connectivity index (χ4n) is 2.13. The largest absolute Gasteiger partial charge is 0.481 e. The standard InChI is InChI=1S/C18H20FN3O4/c1-18(2,3)26-17(24)22(10-12-6-5-9-20-16(12)25-4)14-8-7-13(11-23)15(19)21-14/h5-9,11H,10H2,1-4H3. The van der Waals surface area contributed by atoms with Crippen molar-refractivity contribution >= 4 is 18.2 Å². The summed E-state index contributed by atoms with van der Waals surface area (Å²) in [7, 11) is 1.46. The number of pyridine rings is 2. The van der Waals surface area contributed by atoms with Gasteiger partial charge < -0.3 is 9.47 Å². The lowest BCUT2D eigenvalue weighted by atomic mass is 10.2. The quantitative estimate of drug-likeness (QED) is 0.600.